The molecular formula is C20H26N2O2. The van der Waals surface area contributed by atoms with Crippen molar-refractivity contribution in [3.8, 4) is 0 Å². The second kappa shape index (κ2) is 8.62. The summed E-state index contributed by atoms with van der Waals surface area (Å²) in [6, 6.07) is 19.5. The number of benzene rings is 2. The molecule has 0 saturated heterocycles. The Kier molecular flexibility index (Phi) is 6.53. The molecule has 0 amide bonds. The van der Waals surface area contributed by atoms with Gasteiger partial charge in [0.1, 0.15) is 5.54 Å². The average molecular weight is 326 g/mol. The predicted octanol–water partition coefficient (Wildman–Crippen LogP) is 2.61. The first-order chi connectivity index (χ1) is 11.6. The molecule has 0 heterocycles. The highest BCUT2D eigenvalue weighted by Crippen LogP contribution is 2.28. The average Bonchev–Trinajstić information content (AvgIpc) is 2.60. The molecule has 0 aliphatic rings. The minimum absolute atomic E-state index is 0.179. The van der Waals surface area contributed by atoms with Crippen molar-refractivity contribution in [1.29, 1.82) is 0 Å². The van der Waals surface area contributed by atoms with E-state index in [0.717, 1.165) is 17.5 Å². The zero-order chi connectivity index (χ0) is 17.4. The Balaban J connectivity index is 2.28. The standard InChI is InChI=1S/C20H26N2O2/c21-13-7-12-18(14-16-8-3-1-4-9-16)20(22,19(23)24)15-17-10-5-2-6-11-17/h1-6,8-11,18H,7,12-15,21-22H2,(H,23,24). The fraction of sp³-hybridized carbons (Fsp3) is 0.350. The lowest BCUT2D eigenvalue weighted by atomic mass is 9.74. The van der Waals surface area contributed by atoms with Crippen molar-refractivity contribution in [2.75, 3.05) is 6.54 Å². The van der Waals surface area contributed by atoms with Crippen LogP contribution in [0.2, 0.25) is 0 Å². The van der Waals surface area contributed by atoms with E-state index in [4.69, 9.17) is 11.5 Å². The Morgan fingerprint density at radius 2 is 1.54 bits per heavy atom. The molecule has 2 atom stereocenters. The summed E-state index contributed by atoms with van der Waals surface area (Å²) >= 11 is 0. The summed E-state index contributed by atoms with van der Waals surface area (Å²) in [5, 5.41) is 9.89. The number of rotatable bonds is 9. The first-order valence-corrected chi connectivity index (χ1v) is 8.36. The second-order valence-electron chi connectivity index (χ2n) is 6.33. The molecule has 24 heavy (non-hydrogen) atoms. The van der Waals surface area contributed by atoms with Gasteiger partial charge in [-0.2, -0.15) is 0 Å². The maximum absolute atomic E-state index is 12.1. The van der Waals surface area contributed by atoms with Crippen molar-refractivity contribution in [3.63, 3.8) is 0 Å². The van der Waals surface area contributed by atoms with Gasteiger partial charge in [0.2, 0.25) is 0 Å². The molecule has 0 aliphatic heterocycles. The highest BCUT2D eigenvalue weighted by Gasteiger charge is 2.41. The lowest BCUT2D eigenvalue weighted by Gasteiger charge is -2.34. The van der Waals surface area contributed by atoms with E-state index >= 15 is 0 Å². The molecule has 2 aromatic carbocycles. The van der Waals surface area contributed by atoms with Gasteiger partial charge in [0.25, 0.3) is 0 Å². The summed E-state index contributed by atoms with van der Waals surface area (Å²) in [7, 11) is 0. The van der Waals surface area contributed by atoms with Crippen LogP contribution in [0, 0.1) is 5.92 Å². The number of carbonyl (C=O) groups is 1. The Hall–Kier alpha value is -2.17. The first kappa shape index (κ1) is 18.2. The first-order valence-electron chi connectivity index (χ1n) is 8.36. The van der Waals surface area contributed by atoms with E-state index in [1.165, 1.54) is 0 Å². The molecule has 2 aromatic rings. The van der Waals surface area contributed by atoms with Crippen LogP contribution in [0.5, 0.6) is 0 Å². The molecule has 4 nitrogen and oxygen atoms in total. The van der Waals surface area contributed by atoms with Gasteiger partial charge in [-0.1, -0.05) is 60.7 Å². The van der Waals surface area contributed by atoms with Crippen molar-refractivity contribution in [2.45, 2.75) is 31.2 Å². The molecule has 128 valence electrons. The number of nitrogens with two attached hydrogens (primary N) is 2. The van der Waals surface area contributed by atoms with Gasteiger partial charge in [-0.15, -0.1) is 0 Å². The van der Waals surface area contributed by atoms with Gasteiger partial charge < -0.3 is 16.6 Å². The van der Waals surface area contributed by atoms with Crippen LogP contribution in [-0.2, 0) is 17.6 Å². The largest absolute Gasteiger partial charge is 0.480 e. The molecule has 5 N–H and O–H groups in total. The molecule has 2 rings (SSSR count). The van der Waals surface area contributed by atoms with Gasteiger partial charge in [-0.3, -0.25) is 4.79 Å². The summed E-state index contributed by atoms with van der Waals surface area (Å²) in [5.41, 5.74) is 12.8. The van der Waals surface area contributed by atoms with Crippen LogP contribution < -0.4 is 11.5 Å². The van der Waals surface area contributed by atoms with E-state index in [1.54, 1.807) is 0 Å². The van der Waals surface area contributed by atoms with Gasteiger partial charge in [-0.05, 0) is 42.9 Å². The number of hydrogen-bond donors (Lipinski definition) is 3. The number of hydrogen-bond acceptors (Lipinski definition) is 3. The van der Waals surface area contributed by atoms with Gasteiger partial charge in [0.05, 0.1) is 0 Å². The Morgan fingerprint density at radius 3 is 2.04 bits per heavy atom. The van der Waals surface area contributed by atoms with E-state index in [9.17, 15) is 9.90 Å². The molecule has 2 unspecified atom stereocenters. The lowest BCUT2D eigenvalue weighted by Crippen LogP contribution is -2.56. The number of aliphatic carboxylic acids is 1. The minimum atomic E-state index is -1.31. The summed E-state index contributed by atoms with van der Waals surface area (Å²) in [4.78, 5) is 12.1. The van der Waals surface area contributed by atoms with Gasteiger partial charge in [-0.25, -0.2) is 0 Å². The van der Waals surface area contributed by atoms with Crippen molar-refractivity contribution in [3.05, 3.63) is 71.8 Å². The van der Waals surface area contributed by atoms with Crippen LogP contribution in [0.4, 0.5) is 0 Å². The van der Waals surface area contributed by atoms with E-state index in [2.05, 4.69) is 0 Å². The van der Waals surface area contributed by atoms with Gasteiger partial charge >= 0.3 is 5.97 Å². The summed E-state index contributed by atoms with van der Waals surface area (Å²) < 4.78 is 0. The van der Waals surface area contributed by atoms with E-state index in [1.807, 2.05) is 60.7 Å². The highest BCUT2D eigenvalue weighted by atomic mass is 16.4. The van der Waals surface area contributed by atoms with Crippen molar-refractivity contribution in [1.82, 2.24) is 0 Å². The molecular weight excluding hydrogens is 300 g/mol. The number of carboxylic acid groups (broad SMARTS) is 1. The summed E-state index contributed by atoms with van der Waals surface area (Å²) in [6.45, 7) is 0.534. The van der Waals surface area contributed by atoms with Crippen molar-refractivity contribution >= 4 is 5.97 Å². The maximum Gasteiger partial charge on any atom is 0.324 e. The zero-order valence-electron chi connectivity index (χ0n) is 13.9. The normalized spacial score (nSPS) is 14.8. The maximum atomic E-state index is 12.1. The Labute approximate surface area is 143 Å². The van der Waals surface area contributed by atoms with Gasteiger partial charge in [0, 0.05) is 6.42 Å². The van der Waals surface area contributed by atoms with Crippen LogP contribution in [-0.4, -0.2) is 23.2 Å². The lowest BCUT2D eigenvalue weighted by molar-refractivity contribution is -0.145. The Bertz CT molecular complexity index is 631. The minimum Gasteiger partial charge on any atom is -0.480 e. The third-order valence-corrected chi connectivity index (χ3v) is 4.55. The van der Waals surface area contributed by atoms with Crippen LogP contribution in [0.25, 0.3) is 0 Å². The topological polar surface area (TPSA) is 89.3 Å². The SMILES string of the molecule is NCCCC(Cc1ccccc1)C(N)(Cc1ccccc1)C(=O)O. The quantitative estimate of drug-likeness (QED) is 0.661. The fourth-order valence-corrected chi connectivity index (χ4v) is 3.13. The molecule has 4 heteroatoms. The Morgan fingerprint density at radius 1 is 1.00 bits per heavy atom. The van der Waals surface area contributed by atoms with E-state index in [-0.39, 0.29) is 5.92 Å². The number of carboxylic acids is 1. The monoisotopic (exact) mass is 326 g/mol. The van der Waals surface area contributed by atoms with E-state index in [0.29, 0.717) is 25.8 Å². The van der Waals surface area contributed by atoms with Crippen molar-refractivity contribution in [2.24, 2.45) is 17.4 Å². The zero-order valence-corrected chi connectivity index (χ0v) is 13.9. The molecule has 0 bridgehead atoms. The third kappa shape index (κ3) is 4.66. The van der Waals surface area contributed by atoms with Crippen LogP contribution in [0.1, 0.15) is 24.0 Å². The van der Waals surface area contributed by atoms with Crippen LogP contribution >= 0.6 is 0 Å². The summed E-state index contributed by atoms with van der Waals surface area (Å²) in [6.07, 6.45) is 2.40. The van der Waals surface area contributed by atoms with Crippen LogP contribution in [0.3, 0.4) is 0 Å². The molecule has 0 aliphatic carbocycles. The molecule has 0 aromatic heterocycles. The van der Waals surface area contributed by atoms with Gasteiger partial charge in [0.15, 0.2) is 0 Å². The molecule has 0 radical (unpaired) electrons. The van der Waals surface area contributed by atoms with Crippen molar-refractivity contribution < 1.29 is 9.90 Å². The van der Waals surface area contributed by atoms with E-state index < -0.39 is 11.5 Å². The fourth-order valence-electron chi connectivity index (χ4n) is 3.13. The highest BCUT2D eigenvalue weighted by molar-refractivity contribution is 5.79. The molecule has 0 fully saturated rings. The smallest absolute Gasteiger partial charge is 0.324 e. The summed E-state index contributed by atoms with van der Waals surface area (Å²) in [5.74, 6) is -1.13. The predicted molar refractivity (Wildman–Crippen MR) is 96.6 cm³/mol. The van der Waals surface area contributed by atoms with Crippen LogP contribution in [0.15, 0.2) is 60.7 Å². The molecule has 0 saturated carbocycles. The second-order valence-corrected chi connectivity index (χ2v) is 6.33. The molecule has 0 spiro atoms. The third-order valence-electron chi connectivity index (χ3n) is 4.55.